The number of aromatic nitrogens is 3. The van der Waals surface area contributed by atoms with Gasteiger partial charge >= 0.3 is 0 Å². The van der Waals surface area contributed by atoms with E-state index < -0.39 is 6.10 Å². The van der Waals surface area contributed by atoms with Crippen LogP contribution in [0.15, 0.2) is 47.4 Å². The first-order chi connectivity index (χ1) is 13.6. The summed E-state index contributed by atoms with van der Waals surface area (Å²) in [5, 5.41) is 0. The van der Waals surface area contributed by atoms with Gasteiger partial charge in [-0.2, -0.15) is 0 Å². The van der Waals surface area contributed by atoms with E-state index in [9.17, 15) is 9.18 Å². The molecule has 1 atom stereocenters. The van der Waals surface area contributed by atoms with Gasteiger partial charge in [0.2, 0.25) is 5.89 Å². The van der Waals surface area contributed by atoms with Gasteiger partial charge < -0.3 is 14.1 Å². The smallest absolute Gasteiger partial charge is 0.257 e. The molecule has 1 aliphatic heterocycles. The van der Waals surface area contributed by atoms with Gasteiger partial charge in [0.25, 0.3) is 5.91 Å². The van der Waals surface area contributed by atoms with Crippen molar-refractivity contribution in [2.24, 2.45) is 0 Å². The van der Waals surface area contributed by atoms with Crippen LogP contribution in [0.3, 0.4) is 0 Å². The highest BCUT2D eigenvalue weighted by molar-refractivity contribution is 5.94. The molecule has 7 nitrogen and oxygen atoms in total. The zero-order valence-corrected chi connectivity index (χ0v) is 15.3. The van der Waals surface area contributed by atoms with E-state index in [0.29, 0.717) is 49.0 Å². The van der Waals surface area contributed by atoms with E-state index in [1.165, 1.54) is 24.7 Å². The quantitative estimate of drug-likeness (QED) is 0.690. The minimum absolute atomic E-state index is 0.135. The molecule has 144 valence electrons. The minimum Gasteiger partial charge on any atom is -0.442 e. The summed E-state index contributed by atoms with van der Waals surface area (Å²) in [6.45, 7) is 2.98. The van der Waals surface area contributed by atoms with E-state index in [0.717, 1.165) is 5.56 Å². The highest BCUT2D eigenvalue weighted by Crippen LogP contribution is 2.24. The van der Waals surface area contributed by atoms with Gasteiger partial charge in [-0.05, 0) is 24.6 Å². The molecule has 3 aromatic rings. The average Bonchev–Trinajstić information content (AvgIpc) is 3.18. The molecule has 4 rings (SSSR count). The standard InChI is InChI=1S/C20H19FN4O3/c1-13-17(10-22-12-24-13)20(26)25-6-7-27-18(11-25)19-23-9-16(28-19)8-14-2-4-15(21)5-3-14/h2-5,9-10,12,18H,6-8,11H2,1H3/t18-/m1/s1. The number of aryl methyl sites for hydroxylation is 1. The molecule has 0 unspecified atom stereocenters. The fourth-order valence-electron chi connectivity index (χ4n) is 3.11. The summed E-state index contributed by atoms with van der Waals surface area (Å²) < 4.78 is 24.6. The molecule has 0 aliphatic carbocycles. The van der Waals surface area contributed by atoms with Gasteiger partial charge in [0, 0.05) is 19.2 Å². The lowest BCUT2D eigenvalue weighted by Crippen LogP contribution is -2.42. The lowest BCUT2D eigenvalue weighted by molar-refractivity contribution is -0.0349. The second-order valence-electron chi connectivity index (χ2n) is 6.60. The Morgan fingerprint density at radius 1 is 1.25 bits per heavy atom. The van der Waals surface area contributed by atoms with Gasteiger partial charge in [-0.15, -0.1) is 0 Å². The number of oxazole rings is 1. The fraction of sp³-hybridized carbons (Fsp3) is 0.300. The summed E-state index contributed by atoms with van der Waals surface area (Å²) in [7, 11) is 0. The van der Waals surface area contributed by atoms with Crippen molar-refractivity contribution in [2.75, 3.05) is 19.7 Å². The van der Waals surface area contributed by atoms with Crippen molar-refractivity contribution in [3.8, 4) is 0 Å². The van der Waals surface area contributed by atoms with Gasteiger partial charge in [0.1, 0.15) is 17.9 Å². The van der Waals surface area contributed by atoms with Crippen LogP contribution in [0.4, 0.5) is 4.39 Å². The van der Waals surface area contributed by atoms with Crippen molar-refractivity contribution in [1.82, 2.24) is 19.9 Å². The fourth-order valence-corrected chi connectivity index (χ4v) is 3.11. The van der Waals surface area contributed by atoms with Crippen LogP contribution >= 0.6 is 0 Å². The van der Waals surface area contributed by atoms with Gasteiger partial charge in [-0.1, -0.05) is 12.1 Å². The Morgan fingerprint density at radius 2 is 2.07 bits per heavy atom. The van der Waals surface area contributed by atoms with Gasteiger partial charge in [0.05, 0.1) is 30.6 Å². The molecule has 0 N–H and O–H groups in total. The largest absolute Gasteiger partial charge is 0.442 e. The van der Waals surface area contributed by atoms with Crippen molar-refractivity contribution in [1.29, 1.82) is 0 Å². The molecular weight excluding hydrogens is 363 g/mol. The molecule has 2 aromatic heterocycles. The number of ether oxygens (including phenoxy) is 1. The first kappa shape index (κ1) is 18.2. The number of hydrogen-bond acceptors (Lipinski definition) is 6. The number of carbonyl (C=O) groups excluding carboxylic acids is 1. The van der Waals surface area contributed by atoms with Crippen molar-refractivity contribution in [2.45, 2.75) is 19.4 Å². The Labute approximate surface area is 161 Å². The zero-order valence-electron chi connectivity index (χ0n) is 15.3. The third-order valence-electron chi connectivity index (χ3n) is 4.63. The second kappa shape index (κ2) is 7.85. The normalized spacial score (nSPS) is 16.9. The molecule has 0 saturated carbocycles. The van der Waals surface area contributed by atoms with Crippen LogP contribution in [0.1, 0.15) is 39.4 Å². The van der Waals surface area contributed by atoms with E-state index in [4.69, 9.17) is 9.15 Å². The number of morpholine rings is 1. The number of halogens is 1. The van der Waals surface area contributed by atoms with Crippen LogP contribution in [0.2, 0.25) is 0 Å². The second-order valence-corrected chi connectivity index (χ2v) is 6.60. The first-order valence-electron chi connectivity index (χ1n) is 8.96. The van der Waals surface area contributed by atoms with Crippen LogP contribution in [0.25, 0.3) is 0 Å². The number of benzene rings is 1. The lowest BCUT2D eigenvalue weighted by atomic mass is 10.1. The monoisotopic (exact) mass is 382 g/mol. The van der Waals surface area contributed by atoms with E-state index >= 15 is 0 Å². The summed E-state index contributed by atoms with van der Waals surface area (Å²) in [4.78, 5) is 26.8. The van der Waals surface area contributed by atoms with Gasteiger partial charge in [0.15, 0.2) is 6.10 Å². The molecule has 28 heavy (non-hydrogen) atoms. The summed E-state index contributed by atoms with van der Waals surface area (Å²) in [5.74, 6) is 0.669. The maximum atomic E-state index is 13.0. The number of nitrogens with zero attached hydrogens (tertiary/aromatic N) is 4. The summed E-state index contributed by atoms with van der Waals surface area (Å²) >= 11 is 0. The molecule has 8 heteroatoms. The Morgan fingerprint density at radius 3 is 2.86 bits per heavy atom. The van der Waals surface area contributed by atoms with Crippen molar-refractivity contribution >= 4 is 5.91 Å². The predicted molar refractivity (Wildman–Crippen MR) is 97.1 cm³/mol. The SMILES string of the molecule is Cc1ncncc1C(=O)N1CCO[C@@H](c2ncc(Cc3ccc(F)cc3)o2)C1. The topological polar surface area (TPSA) is 81.4 Å². The third-order valence-corrected chi connectivity index (χ3v) is 4.63. The maximum Gasteiger partial charge on any atom is 0.257 e. The van der Waals surface area contributed by atoms with E-state index in [2.05, 4.69) is 15.0 Å². The van der Waals surface area contributed by atoms with E-state index in [1.54, 1.807) is 30.2 Å². The minimum atomic E-state index is -0.440. The lowest BCUT2D eigenvalue weighted by Gasteiger charge is -2.31. The van der Waals surface area contributed by atoms with Crippen LogP contribution < -0.4 is 0 Å². The molecule has 1 fully saturated rings. The molecular formula is C20H19FN4O3. The van der Waals surface area contributed by atoms with Crippen LogP contribution in [-0.2, 0) is 11.2 Å². The van der Waals surface area contributed by atoms with Gasteiger partial charge in [-0.3, -0.25) is 4.79 Å². The van der Waals surface area contributed by atoms with Crippen molar-refractivity contribution in [3.63, 3.8) is 0 Å². The molecule has 1 aromatic carbocycles. The average molecular weight is 382 g/mol. The van der Waals surface area contributed by atoms with E-state index in [1.807, 2.05) is 0 Å². The highest BCUT2D eigenvalue weighted by Gasteiger charge is 2.30. The van der Waals surface area contributed by atoms with Crippen molar-refractivity contribution in [3.05, 3.63) is 77.3 Å². The number of rotatable bonds is 4. The molecule has 0 spiro atoms. The Balaban J connectivity index is 1.45. The summed E-state index contributed by atoms with van der Waals surface area (Å²) in [5.41, 5.74) is 2.04. The Bertz CT molecular complexity index is 974. The highest BCUT2D eigenvalue weighted by atomic mass is 19.1. The van der Waals surface area contributed by atoms with Crippen LogP contribution in [-0.4, -0.2) is 45.5 Å². The van der Waals surface area contributed by atoms with Crippen molar-refractivity contribution < 1.29 is 18.3 Å². The van der Waals surface area contributed by atoms with Crippen LogP contribution in [0.5, 0.6) is 0 Å². The van der Waals surface area contributed by atoms with Gasteiger partial charge in [-0.25, -0.2) is 19.3 Å². The number of carbonyl (C=O) groups is 1. The molecule has 1 aliphatic rings. The first-order valence-corrected chi connectivity index (χ1v) is 8.96. The Hall–Kier alpha value is -3.13. The maximum absolute atomic E-state index is 13.0. The predicted octanol–water partition coefficient (Wildman–Crippen LogP) is 2.72. The molecule has 1 amide bonds. The number of amides is 1. The molecule has 3 heterocycles. The molecule has 0 radical (unpaired) electrons. The Kier molecular flexibility index (Phi) is 5.12. The van der Waals surface area contributed by atoms with Crippen LogP contribution in [0, 0.1) is 12.7 Å². The number of hydrogen-bond donors (Lipinski definition) is 0. The molecule has 0 bridgehead atoms. The summed E-state index contributed by atoms with van der Waals surface area (Å²) in [6.07, 6.45) is 4.65. The molecule has 1 saturated heterocycles. The zero-order chi connectivity index (χ0) is 19.5. The van der Waals surface area contributed by atoms with E-state index in [-0.39, 0.29) is 11.7 Å². The summed E-state index contributed by atoms with van der Waals surface area (Å²) in [6, 6.07) is 6.24. The third kappa shape index (κ3) is 3.91.